The van der Waals surface area contributed by atoms with Crippen LogP contribution < -0.4 is 15.2 Å². The number of anilines is 1. The molecule has 4 rings (SSSR count). The first-order valence-corrected chi connectivity index (χ1v) is 9.48. The molecule has 0 saturated carbocycles. The molecule has 0 spiro atoms. The maximum absolute atomic E-state index is 13.5. The Balaban J connectivity index is 1.85. The third-order valence-corrected chi connectivity index (χ3v) is 5.04. The number of aromatic nitrogens is 1. The Hall–Kier alpha value is -3.25. The van der Waals surface area contributed by atoms with Crippen LogP contribution in [-0.2, 0) is 17.9 Å². The Kier molecular flexibility index (Phi) is 5.27. The molecule has 0 bridgehead atoms. The van der Waals surface area contributed by atoms with Crippen LogP contribution in [0.25, 0.3) is 0 Å². The Morgan fingerprint density at radius 3 is 2.55 bits per heavy atom. The second kappa shape index (κ2) is 8.01. The summed E-state index contributed by atoms with van der Waals surface area (Å²) in [5, 5.41) is 3.09. The largest absolute Gasteiger partial charge is 0.380 e. The van der Waals surface area contributed by atoms with Gasteiger partial charge in [0.15, 0.2) is 6.17 Å². The lowest BCUT2D eigenvalue weighted by Gasteiger charge is -2.33. The number of H-pyrrole nitrogens is 1. The summed E-state index contributed by atoms with van der Waals surface area (Å²) in [5.74, 6) is 0.247. The van der Waals surface area contributed by atoms with Crippen molar-refractivity contribution in [3.8, 4) is 0 Å². The second-order valence-electron chi connectivity index (χ2n) is 7.18. The first kappa shape index (κ1) is 19.1. The van der Waals surface area contributed by atoms with E-state index in [0.29, 0.717) is 18.7 Å². The Bertz CT molecular complexity index is 1020. The molecular weight excluding hydrogens is 369 g/mol. The van der Waals surface area contributed by atoms with Crippen molar-refractivity contribution < 1.29 is 18.9 Å². The van der Waals surface area contributed by atoms with Gasteiger partial charge < -0.3 is 10.1 Å². The number of rotatable bonds is 5. The Morgan fingerprint density at radius 2 is 1.86 bits per heavy atom. The van der Waals surface area contributed by atoms with Gasteiger partial charge in [-0.2, -0.15) is 0 Å². The van der Waals surface area contributed by atoms with Crippen LogP contribution in [-0.4, -0.2) is 13.0 Å². The lowest BCUT2D eigenvalue weighted by atomic mass is 10.0. The molecule has 0 fully saturated rings. The number of carbonyl (C=O) groups is 1. The first-order valence-electron chi connectivity index (χ1n) is 9.48. The third kappa shape index (κ3) is 3.84. The number of benzene rings is 2. The van der Waals surface area contributed by atoms with Crippen molar-refractivity contribution in [2.24, 2.45) is 0 Å². The van der Waals surface area contributed by atoms with E-state index in [0.717, 1.165) is 28.2 Å². The van der Waals surface area contributed by atoms with E-state index in [9.17, 15) is 9.18 Å². The fourth-order valence-corrected chi connectivity index (χ4v) is 3.77. The van der Waals surface area contributed by atoms with Crippen molar-refractivity contribution in [2.75, 3.05) is 12.0 Å². The van der Waals surface area contributed by atoms with E-state index in [1.807, 2.05) is 43.3 Å². The summed E-state index contributed by atoms with van der Waals surface area (Å²) in [6.07, 6.45) is -0.427. The number of aryl methyl sites for hydroxylation is 1. The number of methoxy groups -OCH3 is 1. The van der Waals surface area contributed by atoms with Crippen molar-refractivity contribution in [2.45, 2.75) is 26.2 Å². The molecule has 2 heterocycles. The Morgan fingerprint density at radius 1 is 1.14 bits per heavy atom. The smallest absolute Gasteiger partial charge is 0.290 e. The minimum Gasteiger partial charge on any atom is -0.380 e. The number of hydrogen-bond donors (Lipinski definition) is 1. The van der Waals surface area contributed by atoms with Crippen LogP contribution in [0.15, 0.2) is 60.7 Å². The molecule has 3 aromatic rings. The number of fused-ring (bicyclic) bond motifs is 1. The lowest BCUT2D eigenvalue weighted by Crippen LogP contribution is -2.49. The number of nitrogens with zero attached hydrogens (tertiary/aromatic N) is 1. The molecule has 0 radical (unpaired) electrons. The van der Waals surface area contributed by atoms with Gasteiger partial charge in [0.25, 0.3) is 11.7 Å². The van der Waals surface area contributed by atoms with E-state index in [1.54, 1.807) is 19.2 Å². The minimum absolute atomic E-state index is 0.179. The van der Waals surface area contributed by atoms with Gasteiger partial charge in [0.05, 0.1) is 12.3 Å². The summed E-state index contributed by atoms with van der Waals surface area (Å²) in [7, 11) is 1.61. The van der Waals surface area contributed by atoms with Crippen LogP contribution in [0, 0.1) is 12.7 Å². The molecule has 2 N–H and O–H groups in total. The molecule has 0 aliphatic carbocycles. The second-order valence-corrected chi connectivity index (χ2v) is 7.18. The van der Waals surface area contributed by atoms with Gasteiger partial charge in [0, 0.05) is 18.2 Å². The SMILES string of the molecule is COCc1cc(C)[nH+]c2c1C(=O)N[C@@H](c1ccc(F)cc1)N2Cc1ccccc1. The van der Waals surface area contributed by atoms with Crippen molar-refractivity contribution in [3.63, 3.8) is 0 Å². The van der Waals surface area contributed by atoms with Crippen LogP contribution in [0.4, 0.5) is 10.2 Å². The van der Waals surface area contributed by atoms with Gasteiger partial charge in [-0.25, -0.2) is 14.3 Å². The maximum Gasteiger partial charge on any atom is 0.290 e. The Labute approximate surface area is 169 Å². The quantitative estimate of drug-likeness (QED) is 0.723. The van der Waals surface area contributed by atoms with E-state index in [1.165, 1.54) is 12.1 Å². The predicted molar refractivity (Wildman–Crippen MR) is 108 cm³/mol. The van der Waals surface area contributed by atoms with E-state index in [4.69, 9.17) is 4.74 Å². The minimum atomic E-state index is -0.427. The van der Waals surface area contributed by atoms with E-state index >= 15 is 0 Å². The lowest BCUT2D eigenvalue weighted by molar-refractivity contribution is -0.375. The highest BCUT2D eigenvalue weighted by molar-refractivity contribution is 6.01. The summed E-state index contributed by atoms with van der Waals surface area (Å²) in [6, 6.07) is 18.2. The highest BCUT2D eigenvalue weighted by atomic mass is 19.1. The van der Waals surface area contributed by atoms with Gasteiger partial charge in [-0.15, -0.1) is 0 Å². The molecule has 1 amide bonds. The maximum atomic E-state index is 13.5. The summed E-state index contributed by atoms with van der Waals surface area (Å²) in [6.45, 7) is 2.87. The van der Waals surface area contributed by atoms with Crippen molar-refractivity contribution in [3.05, 3.63) is 94.4 Å². The number of hydrogen-bond acceptors (Lipinski definition) is 3. The topological polar surface area (TPSA) is 55.7 Å². The molecule has 1 aromatic heterocycles. The average molecular weight is 392 g/mol. The molecule has 5 nitrogen and oxygen atoms in total. The number of aromatic amines is 1. The molecule has 0 saturated heterocycles. The number of carbonyl (C=O) groups excluding carboxylic acids is 1. The van der Waals surface area contributed by atoms with Gasteiger partial charge in [-0.1, -0.05) is 30.3 Å². The van der Waals surface area contributed by atoms with Crippen LogP contribution in [0.3, 0.4) is 0 Å². The molecule has 1 aliphatic heterocycles. The van der Waals surface area contributed by atoms with Crippen LogP contribution >= 0.6 is 0 Å². The summed E-state index contributed by atoms with van der Waals surface area (Å²) in [4.78, 5) is 18.5. The predicted octanol–water partition coefficient (Wildman–Crippen LogP) is 3.54. The zero-order valence-electron chi connectivity index (χ0n) is 16.4. The number of nitrogens with one attached hydrogen (secondary N) is 2. The average Bonchev–Trinajstić information content (AvgIpc) is 2.71. The van der Waals surface area contributed by atoms with Gasteiger partial charge in [-0.05, 0) is 42.8 Å². The molecule has 1 atom stereocenters. The normalized spacial score (nSPS) is 15.8. The zero-order chi connectivity index (χ0) is 20.4. The van der Waals surface area contributed by atoms with Crippen LogP contribution in [0.1, 0.15) is 38.9 Å². The van der Waals surface area contributed by atoms with Crippen molar-refractivity contribution >= 4 is 11.7 Å². The summed E-state index contributed by atoms with van der Waals surface area (Å²) >= 11 is 0. The number of amides is 1. The molecule has 1 aliphatic rings. The summed E-state index contributed by atoms with van der Waals surface area (Å²) < 4.78 is 18.8. The van der Waals surface area contributed by atoms with Crippen LogP contribution in [0.5, 0.6) is 0 Å². The monoisotopic (exact) mass is 392 g/mol. The standard InChI is InChI=1S/C23H22FN3O2/c1-15-12-18(14-29-2)20-22(25-15)27(13-16-6-4-3-5-7-16)21(26-23(20)28)17-8-10-19(24)11-9-17/h3-12,21H,13-14H2,1-2H3,(H,26,28)/p+1/t21-/m1/s1. The highest BCUT2D eigenvalue weighted by Crippen LogP contribution is 2.33. The molecular formula is C23H23FN3O2+. The van der Waals surface area contributed by atoms with E-state index in [-0.39, 0.29) is 11.7 Å². The fourth-order valence-electron chi connectivity index (χ4n) is 3.77. The number of ether oxygens (including phenoxy) is 1. The molecule has 6 heteroatoms. The number of halogens is 1. The number of pyridine rings is 1. The molecule has 0 unspecified atom stereocenters. The van der Waals surface area contributed by atoms with E-state index < -0.39 is 6.17 Å². The zero-order valence-corrected chi connectivity index (χ0v) is 16.4. The summed E-state index contributed by atoms with van der Waals surface area (Å²) in [5.41, 5.74) is 4.24. The van der Waals surface area contributed by atoms with Gasteiger partial charge >= 0.3 is 0 Å². The van der Waals surface area contributed by atoms with Crippen molar-refractivity contribution in [1.82, 2.24) is 5.32 Å². The first-order chi connectivity index (χ1) is 14.1. The van der Waals surface area contributed by atoms with Crippen molar-refractivity contribution in [1.29, 1.82) is 0 Å². The van der Waals surface area contributed by atoms with Gasteiger partial charge in [-0.3, -0.25) is 4.79 Å². The van der Waals surface area contributed by atoms with Gasteiger partial charge in [0.2, 0.25) is 0 Å². The van der Waals surface area contributed by atoms with E-state index in [2.05, 4.69) is 15.2 Å². The molecule has 2 aromatic carbocycles. The molecule has 29 heavy (non-hydrogen) atoms. The molecule has 148 valence electrons. The fraction of sp³-hybridized carbons (Fsp3) is 0.217. The highest BCUT2D eigenvalue weighted by Gasteiger charge is 2.40. The third-order valence-electron chi connectivity index (χ3n) is 5.04. The van der Waals surface area contributed by atoms with Gasteiger partial charge in [0.1, 0.15) is 17.9 Å². The van der Waals surface area contributed by atoms with Crippen LogP contribution in [0.2, 0.25) is 0 Å².